The van der Waals surface area contributed by atoms with Crippen molar-refractivity contribution in [2.75, 3.05) is 18.6 Å². The van der Waals surface area contributed by atoms with Gasteiger partial charge < -0.3 is 0 Å². The Kier molecular flexibility index (Phi) is 5.07. The molecule has 0 spiro atoms. The van der Waals surface area contributed by atoms with Crippen molar-refractivity contribution < 1.29 is 8.42 Å². The molecule has 0 saturated heterocycles. The number of hydrogen-bond donors (Lipinski definition) is 0. The van der Waals surface area contributed by atoms with Crippen LogP contribution in [0, 0.1) is 6.92 Å². The zero-order chi connectivity index (χ0) is 17.2. The average molecular weight is 343 g/mol. The molecule has 3 nitrogen and oxygen atoms in total. The Morgan fingerprint density at radius 2 is 1.79 bits per heavy atom. The molecule has 0 aliphatic heterocycles. The van der Waals surface area contributed by atoms with Gasteiger partial charge in [0.25, 0.3) is 0 Å². The van der Waals surface area contributed by atoms with E-state index >= 15 is 0 Å². The van der Waals surface area contributed by atoms with E-state index in [-0.39, 0.29) is 5.75 Å². The van der Waals surface area contributed by atoms with Crippen molar-refractivity contribution in [3.63, 3.8) is 0 Å². The third-order valence-electron chi connectivity index (χ3n) is 4.80. The number of sulfone groups is 1. The lowest BCUT2D eigenvalue weighted by Gasteiger charge is -2.29. The lowest BCUT2D eigenvalue weighted by molar-refractivity contribution is 0.199. The van der Waals surface area contributed by atoms with Gasteiger partial charge in [-0.1, -0.05) is 54.1 Å². The summed E-state index contributed by atoms with van der Waals surface area (Å²) in [4.78, 5) is 2.33. The van der Waals surface area contributed by atoms with Crippen LogP contribution in [-0.4, -0.2) is 31.9 Å². The lowest BCUT2D eigenvalue weighted by Crippen LogP contribution is -2.31. The van der Waals surface area contributed by atoms with E-state index in [0.29, 0.717) is 12.6 Å². The monoisotopic (exact) mass is 343 g/mol. The Labute approximate surface area is 145 Å². The van der Waals surface area contributed by atoms with E-state index in [1.165, 1.54) is 28.5 Å². The topological polar surface area (TPSA) is 37.4 Å². The Balaban J connectivity index is 1.83. The predicted molar refractivity (Wildman–Crippen MR) is 98.8 cm³/mol. The van der Waals surface area contributed by atoms with E-state index in [2.05, 4.69) is 60.4 Å². The van der Waals surface area contributed by atoms with Gasteiger partial charge in [-0.2, -0.15) is 0 Å². The van der Waals surface area contributed by atoms with Crippen LogP contribution in [0.15, 0.2) is 48.5 Å². The van der Waals surface area contributed by atoms with Crippen molar-refractivity contribution >= 4 is 9.84 Å². The summed E-state index contributed by atoms with van der Waals surface area (Å²) in [6.45, 7) is 3.44. The molecule has 0 saturated carbocycles. The molecular formula is C20H25NO2S. The van der Waals surface area contributed by atoms with Crippen LogP contribution in [0.4, 0.5) is 0 Å². The first-order valence-corrected chi connectivity index (χ1v) is 10.5. The SMILES string of the molecule is Cc1ccc(CN(CCS(C)(=O)=O)[C@H]2CCc3ccccc32)cc1. The zero-order valence-electron chi connectivity index (χ0n) is 14.4. The molecule has 0 aromatic heterocycles. The van der Waals surface area contributed by atoms with Gasteiger partial charge in [-0.3, -0.25) is 4.90 Å². The van der Waals surface area contributed by atoms with Crippen molar-refractivity contribution in [2.45, 2.75) is 32.4 Å². The number of benzene rings is 2. The number of rotatable bonds is 6. The van der Waals surface area contributed by atoms with Crippen LogP contribution in [-0.2, 0) is 22.8 Å². The predicted octanol–water partition coefficient (Wildman–Crippen LogP) is 3.53. The summed E-state index contributed by atoms with van der Waals surface area (Å²) in [6, 6.07) is 17.4. The first kappa shape index (κ1) is 17.2. The Morgan fingerprint density at radius 1 is 1.08 bits per heavy atom. The minimum absolute atomic E-state index is 0.206. The first-order chi connectivity index (χ1) is 11.4. The number of aryl methyl sites for hydroxylation is 2. The molecule has 0 bridgehead atoms. The fourth-order valence-electron chi connectivity index (χ4n) is 3.47. The second-order valence-electron chi connectivity index (χ2n) is 6.84. The molecule has 1 aliphatic carbocycles. The van der Waals surface area contributed by atoms with E-state index < -0.39 is 9.84 Å². The van der Waals surface area contributed by atoms with Crippen molar-refractivity contribution in [3.05, 3.63) is 70.8 Å². The maximum atomic E-state index is 11.7. The van der Waals surface area contributed by atoms with Gasteiger partial charge in [0, 0.05) is 25.4 Å². The van der Waals surface area contributed by atoms with Crippen LogP contribution in [0.1, 0.15) is 34.7 Å². The van der Waals surface area contributed by atoms with E-state index in [9.17, 15) is 8.42 Å². The molecule has 128 valence electrons. The van der Waals surface area contributed by atoms with Gasteiger partial charge in [0.15, 0.2) is 0 Å². The van der Waals surface area contributed by atoms with Gasteiger partial charge in [0.05, 0.1) is 5.75 Å². The third-order valence-corrected chi connectivity index (χ3v) is 5.72. The summed E-state index contributed by atoms with van der Waals surface area (Å²) >= 11 is 0. The molecule has 0 radical (unpaired) electrons. The van der Waals surface area contributed by atoms with Crippen LogP contribution in [0.2, 0.25) is 0 Å². The molecule has 0 fully saturated rings. The van der Waals surface area contributed by atoms with E-state index in [0.717, 1.165) is 19.4 Å². The molecule has 2 aromatic carbocycles. The average Bonchev–Trinajstić information content (AvgIpc) is 2.96. The highest BCUT2D eigenvalue weighted by Crippen LogP contribution is 2.36. The van der Waals surface area contributed by atoms with Gasteiger partial charge >= 0.3 is 0 Å². The van der Waals surface area contributed by atoms with Crippen LogP contribution in [0.3, 0.4) is 0 Å². The standard InChI is InChI=1S/C20H25NO2S/c1-16-7-9-17(10-8-16)15-21(13-14-24(2,22)23)20-12-11-18-5-3-4-6-19(18)20/h3-10,20H,11-15H2,1-2H3/t20-/m0/s1. The van der Waals surface area contributed by atoms with E-state index in [1.54, 1.807) is 0 Å². The molecule has 4 heteroatoms. The summed E-state index contributed by atoms with van der Waals surface area (Å²) < 4.78 is 23.3. The normalized spacial score (nSPS) is 17.2. The summed E-state index contributed by atoms with van der Waals surface area (Å²) in [5, 5.41) is 0. The number of nitrogens with zero attached hydrogens (tertiary/aromatic N) is 1. The molecule has 3 rings (SSSR count). The van der Waals surface area contributed by atoms with Crippen molar-refractivity contribution in [1.82, 2.24) is 4.90 Å². The minimum atomic E-state index is -2.97. The van der Waals surface area contributed by atoms with Crippen molar-refractivity contribution in [1.29, 1.82) is 0 Å². The molecular weight excluding hydrogens is 318 g/mol. The highest BCUT2D eigenvalue weighted by molar-refractivity contribution is 7.90. The fraction of sp³-hybridized carbons (Fsp3) is 0.400. The number of hydrogen-bond acceptors (Lipinski definition) is 3. The van der Waals surface area contributed by atoms with E-state index in [1.807, 2.05) is 0 Å². The summed E-state index contributed by atoms with van der Waals surface area (Å²) in [6.07, 6.45) is 3.46. The smallest absolute Gasteiger partial charge is 0.148 e. The lowest BCUT2D eigenvalue weighted by atomic mass is 10.1. The van der Waals surface area contributed by atoms with Gasteiger partial charge in [0.1, 0.15) is 9.84 Å². The maximum absolute atomic E-state index is 11.7. The molecule has 0 heterocycles. The highest BCUT2D eigenvalue weighted by Gasteiger charge is 2.28. The summed E-state index contributed by atoms with van der Waals surface area (Å²) in [7, 11) is -2.97. The van der Waals surface area contributed by atoms with Gasteiger partial charge in [-0.25, -0.2) is 8.42 Å². The third kappa shape index (κ3) is 4.25. The zero-order valence-corrected chi connectivity index (χ0v) is 15.2. The second kappa shape index (κ2) is 7.08. The Bertz CT molecular complexity index is 797. The van der Waals surface area contributed by atoms with Crippen LogP contribution >= 0.6 is 0 Å². The quantitative estimate of drug-likeness (QED) is 0.805. The van der Waals surface area contributed by atoms with E-state index in [4.69, 9.17) is 0 Å². The highest BCUT2D eigenvalue weighted by atomic mass is 32.2. The van der Waals surface area contributed by atoms with Crippen LogP contribution in [0.25, 0.3) is 0 Å². The van der Waals surface area contributed by atoms with Crippen molar-refractivity contribution in [2.24, 2.45) is 0 Å². The molecule has 0 unspecified atom stereocenters. The number of fused-ring (bicyclic) bond motifs is 1. The second-order valence-corrected chi connectivity index (χ2v) is 9.10. The minimum Gasteiger partial charge on any atom is -0.291 e. The van der Waals surface area contributed by atoms with Gasteiger partial charge in [-0.05, 0) is 36.5 Å². The fourth-order valence-corrected chi connectivity index (χ4v) is 4.04. The molecule has 2 aromatic rings. The Hall–Kier alpha value is -1.65. The van der Waals surface area contributed by atoms with Crippen LogP contribution < -0.4 is 0 Å². The molecule has 0 N–H and O–H groups in total. The molecule has 0 amide bonds. The van der Waals surface area contributed by atoms with Gasteiger partial charge in [0.2, 0.25) is 0 Å². The largest absolute Gasteiger partial charge is 0.291 e. The maximum Gasteiger partial charge on any atom is 0.148 e. The Morgan fingerprint density at radius 3 is 2.50 bits per heavy atom. The van der Waals surface area contributed by atoms with Crippen LogP contribution in [0.5, 0.6) is 0 Å². The molecule has 24 heavy (non-hydrogen) atoms. The van der Waals surface area contributed by atoms with Crippen molar-refractivity contribution in [3.8, 4) is 0 Å². The molecule has 1 aliphatic rings. The summed E-state index contributed by atoms with van der Waals surface area (Å²) in [5.74, 6) is 0.206. The first-order valence-electron chi connectivity index (χ1n) is 8.47. The van der Waals surface area contributed by atoms with Gasteiger partial charge in [-0.15, -0.1) is 0 Å². The summed E-state index contributed by atoms with van der Waals surface area (Å²) in [5.41, 5.74) is 5.24. The molecule has 1 atom stereocenters.